The summed E-state index contributed by atoms with van der Waals surface area (Å²) >= 11 is 0. The monoisotopic (exact) mass is 201 g/mol. The molecule has 4 heteroatoms. The van der Waals surface area contributed by atoms with Crippen LogP contribution in [0.2, 0.25) is 0 Å². The molecule has 1 rings (SSSR count). The van der Waals surface area contributed by atoms with Gasteiger partial charge in [0.25, 0.3) is 6.43 Å². The Bertz CT molecular complexity index is 331. The first-order valence-electron chi connectivity index (χ1n) is 4.23. The van der Waals surface area contributed by atoms with Gasteiger partial charge >= 0.3 is 0 Å². The van der Waals surface area contributed by atoms with Gasteiger partial charge < -0.3 is 10.8 Å². The van der Waals surface area contributed by atoms with Crippen molar-refractivity contribution in [3.8, 4) is 5.75 Å². The third kappa shape index (κ3) is 2.20. The van der Waals surface area contributed by atoms with E-state index in [0.717, 1.165) is 0 Å². The first kappa shape index (κ1) is 10.9. The summed E-state index contributed by atoms with van der Waals surface area (Å²) in [6.07, 6.45) is -2.68. The second-order valence-corrected chi connectivity index (χ2v) is 3.80. The Labute approximate surface area is 81.4 Å². The minimum atomic E-state index is -2.68. The quantitative estimate of drug-likeness (QED) is 0.772. The summed E-state index contributed by atoms with van der Waals surface area (Å²) in [6.45, 7) is 3.43. The number of rotatable bonds is 2. The zero-order chi connectivity index (χ0) is 10.9. The molecule has 0 saturated carbocycles. The van der Waals surface area contributed by atoms with E-state index in [2.05, 4.69) is 0 Å². The van der Waals surface area contributed by atoms with Crippen LogP contribution < -0.4 is 5.73 Å². The van der Waals surface area contributed by atoms with Gasteiger partial charge in [0.1, 0.15) is 5.75 Å². The summed E-state index contributed by atoms with van der Waals surface area (Å²) in [7, 11) is 0. The Morgan fingerprint density at radius 2 is 1.93 bits per heavy atom. The van der Waals surface area contributed by atoms with E-state index in [9.17, 15) is 8.78 Å². The third-order valence-corrected chi connectivity index (χ3v) is 2.01. The molecule has 0 spiro atoms. The summed E-state index contributed by atoms with van der Waals surface area (Å²) in [5, 5.41) is 9.15. The molecular weight excluding hydrogens is 188 g/mol. The number of alkyl halides is 2. The molecule has 0 atom stereocenters. The van der Waals surface area contributed by atoms with Gasteiger partial charge in [0.2, 0.25) is 0 Å². The zero-order valence-electron chi connectivity index (χ0n) is 8.09. The topological polar surface area (TPSA) is 46.2 Å². The van der Waals surface area contributed by atoms with Gasteiger partial charge in [-0.2, -0.15) is 0 Å². The van der Waals surface area contributed by atoms with Crippen molar-refractivity contribution in [2.75, 3.05) is 0 Å². The van der Waals surface area contributed by atoms with Crippen LogP contribution in [-0.4, -0.2) is 5.11 Å². The highest BCUT2D eigenvalue weighted by molar-refractivity contribution is 5.39. The number of phenols is 1. The Balaban J connectivity index is 3.20. The van der Waals surface area contributed by atoms with Gasteiger partial charge in [0, 0.05) is 5.54 Å². The molecule has 0 aliphatic carbocycles. The number of halogens is 2. The summed E-state index contributed by atoms with van der Waals surface area (Å²) in [5.41, 5.74) is 5.27. The average molecular weight is 201 g/mol. The van der Waals surface area contributed by atoms with Crippen molar-refractivity contribution in [2.24, 2.45) is 5.73 Å². The van der Waals surface area contributed by atoms with Gasteiger partial charge in [-0.1, -0.05) is 6.07 Å². The molecule has 0 heterocycles. The fourth-order valence-corrected chi connectivity index (χ4v) is 1.13. The minimum absolute atomic E-state index is 0.374. The minimum Gasteiger partial charge on any atom is -0.507 e. The van der Waals surface area contributed by atoms with Crippen LogP contribution in [0.3, 0.4) is 0 Å². The van der Waals surface area contributed by atoms with E-state index in [4.69, 9.17) is 10.8 Å². The molecule has 0 bridgehead atoms. The second-order valence-electron chi connectivity index (χ2n) is 3.80. The van der Waals surface area contributed by atoms with E-state index in [0.29, 0.717) is 5.56 Å². The molecular formula is C10H13F2NO. The van der Waals surface area contributed by atoms with E-state index in [1.165, 1.54) is 12.1 Å². The van der Waals surface area contributed by atoms with Crippen molar-refractivity contribution in [3.63, 3.8) is 0 Å². The maximum absolute atomic E-state index is 12.4. The molecule has 0 aliphatic rings. The van der Waals surface area contributed by atoms with Crippen LogP contribution in [-0.2, 0) is 5.54 Å². The molecule has 0 aromatic heterocycles. The largest absolute Gasteiger partial charge is 0.507 e. The molecule has 1 aromatic rings. The lowest BCUT2D eigenvalue weighted by atomic mass is 9.94. The predicted octanol–water partition coefficient (Wildman–Crippen LogP) is 2.52. The number of hydrogen-bond donors (Lipinski definition) is 2. The van der Waals surface area contributed by atoms with Crippen molar-refractivity contribution in [2.45, 2.75) is 25.8 Å². The second kappa shape index (κ2) is 3.53. The molecule has 1 aromatic carbocycles. The highest BCUT2D eigenvalue weighted by atomic mass is 19.3. The predicted molar refractivity (Wildman–Crippen MR) is 50.3 cm³/mol. The van der Waals surface area contributed by atoms with E-state index in [1.807, 2.05) is 0 Å². The summed E-state index contributed by atoms with van der Waals surface area (Å²) in [6, 6.07) is 4.02. The molecule has 0 aliphatic heterocycles. The van der Waals surface area contributed by atoms with Crippen molar-refractivity contribution >= 4 is 0 Å². The highest BCUT2D eigenvalue weighted by Crippen LogP contribution is 2.31. The fourth-order valence-electron chi connectivity index (χ4n) is 1.13. The van der Waals surface area contributed by atoms with Crippen molar-refractivity contribution in [3.05, 3.63) is 29.3 Å². The first-order chi connectivity index (χ1) is 6.32. The molecule has 0 amide bonds. The Morgan fingerprint density at radius 1 is 1.36 bits per heavy atom. The third-order valence-electron chi connectivity index (χ3n) is 2.01. The maximum atomic E-state index is 12.4. The standard InChI is InChI=1S/C10H13F2NO/c1-10(2,13)6-3-4-8(14)7(5-6)9(11)12/h3-5,9,14H,13H2,1-2H3. The van der Waals surface area contributed by atoms with Gasteiger partial charge in [0.05, 0.1) is 5.56 Å². The normalized spacial score (nSPS) is 12.1. The summed E-state index contributed by atoms with van der Waals surface area (Å²) < 4.78 is 24.8. The van der Waals surface area contributed by atoms with Crippen LogP contribution >= 0.6 is 0 Å². The van der Waals surface area contributed by atoms with Crippen molar-refractivity contribution in [1.82, 2.24) is 0 Å². The summed E-state index contributed by atoms with van der Waals surface area (Å²) in [5.74, 6) is -0.395. The van der Waals surface area contributed by atoms with E-state index in [-0.39, 0.29) is 5.56 Å². The van der Waals surface area contributed by atoms with Crippen molar-refractivity contribution < 1.29 is 13.9 Å². The lowest BCUT2D eigenvalue weighted by molar-refractivity contribution is 0.147. The Morgan fingerprint density at radius 3 is 2.36 bits per heavy atom. The van der Waals surface area contributed by atoms with Gasteiger partial charge in [0.15, 0.2) is 0 Å². The number of benzene rings is 1. The van der Waals surface area contributed by atoms with Crippen LogP contribution in [0.25, 0.3) is 0 Å². The average Bonchev–Trinajstić information content (AvgIpc) is 2.02. The highest BCUT2D eigenvalue weighted by Gasteiger charge is 2.19. The molecule has 0 fully saturated rings. The first-order valence-corrected chi connectivity index (χ1v) is 4.23. The molecule has 78 valence electrons. The van der Waals surface area contributed by atoms with Crippen LogP contribution in [0, 0.1) is 0 Å². The van der Waals surface area contributed by atoms with Gasteiger partial charge in [-0.25, -0.2) is 8.78 Å². The Hall–Kier alpha value is -1.16. The molecule has 2 nitrogen and oxygen atoms in total. The zero-order valence-corrected chi connectivity index (χ0v) is 8.09. The number of aromatic hydroxyl groups is 1. The Kier molecular flexibility index (Phi) is 2.76. The van der Waals surface area contributed by atoms with E-state index >= 15 is 0 Å². The van der Waals surface area contributed by atoms with Gasteiger partial charge in [-0.05, 0) is 31.5 Å². The van der Waals surface area contributed by atoms with Crippen LogP contribution in [0.15, 0.2) is 18.2 Å². The van der Waals surface area contributed by atoms with Gasteiger partial charge in [-0.15, -0.1) is 0 Å². The SMILES string of the molecule is CC(C)(N)c1ccc(O)c(C(F)F)c1. The molecule has 0 radical (unpaired) electrons. The van der Waals surface area contributed by atoms with Crippen LogP contribution in [0.5, 0.6) is 5.75 Å². The van der Waals surface area contributed by atoms with Crippen molar-refractivity contribution in [1.29, 1.82) is 0 Å². The number of hydrogen-bond acceptors (Lipinski definition) is 2. The molecule has 0 saturated heterocycles. The fraction of sp³-hybridized carbons (Fsp3) is 0.400. The molecule has 0 unspecified atom stereocenters. The van der Waals surface area contributed by atoms with Crippen LogP contribution in [0.4, 0.5) is 8.78 Å². The lowest BCUT2D eigenvalue weighted by Gasteiger charge is -2.20. The molecule has 14 heavy (non-hydrogen) atoms. The van der Waals surface area contributed by atoms with Gasteiger partial charge in [-0.3, -0.25) is 0 Å². The lowest BCUT2D eigenvalue weighted by Crippen LogP contribution is -2.28. The summed E-state index contributed by atoms with van der Waals surface area (Å²) in [4.78, 5) is 0. The van der Waals surface area contributed by atoms with Crippen LogP contribution in [0.1, 0.15) is 31.4 Å². The number of phenolic OH excluding ortho intramolecular Hbond substituents is 1. The smallest absolute Gasteiger partial charge is 0.267 e. The van der Waals surface area contributed by atoms with E-state index < -0.39 is 17.7 Å². The number of nitrogens with two attached hydrogens (primary N) is 1. The molecule has 3 N–H and O–H groups in total. The maximum Gasteiger partial charge on any atom is 0.267 e. The van der Waals surface area contributed by atoms with E-state index in [1.54, 1.807) is 19.9 Å².